The first-order valence-corrected chi connectivity index (χ1v) is 6.10. The van der Waals surface area contributed by atoms with E-state index in [0.29, 0.717) is 10.7 Å². The highest BCUT2D eigenvalue weighted by Gasteiger charge is 2.22. The third-order valence-corrected chi connectivity index (χ3v) is 3.19. The summed E-state index contributed by atoms with van der Waals surface area (Å²) in [5.41, 5.74) is 0.0663. The van der Waals surface area contributed by atoms with Crippen molar-refractivity contribution in [2.45, 2.75) is 40.3 Å². The highest BCUT2D eigenvalue weighted by molar-refractivity contribution is 6.33. The van der Waals surface area contributed by atoms with Gasteiger partial charge in [-0.15, -0.1) is 6.42 Å². The van der Waals surface area contributed by atoms with Gasteiger partial charge < -0.3 is 5.32 Å². The summed E-state index contributed by atoms with van der Waals surface area (Å²) in [7, 11) is 0. The Morgan fingerprint density at radius 3 is 2.72 bits per heavy atom. The van der Waals surface area contributed by atoms with E-state index in [1.165, 1.54) is 10.9 Å². The van der Waals surface area contributed by atoms with E-state index in [1.54, 1.807) is 0 Å². The molecule has 0 aliphatic carbocycles. The maximum atomic E-state index is 12.1. The molecule has 1 unspecified atom stereocenters. The second kappa shape index (κ2) is 5.45. The normalized spacial score (nSPS) is 12.9. The zero-order chi connectivity index (χ0) is 13.9. The third kappa shape index (κ3) is 3.27. The molecule has 0 aliphatic heterocycles. The minimum absolute atomic E-state index is 0.00991. The van der Waals surface area contributed by atoms with Gasteiger partial charge in [0.1, 0.15) is 12.2 Å². The molecule has 1 rings (SSSR count). The number of hydrogen-bond acceptors (Lipinski definition) is 3. The standard InChI is InChI=1S/C13H18ClN3O/c1-6-7-17-12(18)11(10(14)8-15-17)16-9(2)13(3,4)5/h1,8-9,16H,7H2,2-5H3. The molecule has 98 valence electrons. The largest absolute Gasteiger partial charge is 0.376 e. The van der Waals surface area contributed by atoms with Crippen LogP contribution in [-0.2, 0) is 6.54 Å². The summed E-state index contributed by atoms with van der Waals surface area (Å²) in [5.74, 6) is 2.38. The molecule has 1 heterocycles. The number of anilines is 1. The third-order valence-electron chi connectivity index (χ3n) is 2.90. The van der Waals surface area contributed by atoms with Gasteiger partial charge in [-0.1, -0.05) is 38.3 Å². The second-order valence-electron chi connectivity index (χ2n) is 5.27. The van der Waals surface area contributed by atoms with E-state index >= 15 is 0 Å². The number of hydrogen-bond donors (Lipinski definition) is 1. The predicted octanol–water partition coefficient (Wildman–Crippen LogP) is 2.38. The van der Waals surface area contributed by atoms with Gasteiger partial charge in [-0.3, -0.25) is 4.79 Å². The highest BCUT2D eigenvalue weighted by atomic mass is 35.5. The van der Waals surface area contributed by atoms with Crippen LogP contribution >= 0.6 is 11.6 Å². The van der Waals surface area contributed by atoms with E-state index in [2.05, 4.69) is 37.1 Å². The SMILES string of the molecule is C#CCn1ncc(Cl)c(NC(C)C(C)(C)C)c1=O. The molecule has 1 aromatic rings. The van der Waals surface area contributed by atoms with E-state index in [-0.39, 0.29) is 23.6 Å². The molecule has 18 heavy (non-hydrogen) atoms. The van der Waals surface area contributed by atoms with Crippen LogP contribution in [0.5, 0.6) is 0 Å². The van der Waals surface area contributed by atoms with Crippen molar-refractivity contribution >= 4 is 17.3 Å². The average molecular weight is 268 g/mol. The number of terminal acetylenes is 1. The van der Waals surface area contributed by atoms with E-state index in [9.17, 15) is 4.79 Å². The summed E-state index contributed by atoms with van der Waals surface area (Å²) < 4.78 is 1.21. The van der Waals surface area contributed by atoms with Gasteiger partial charge in [0.15, 0.2) is 0 Å². The second-order valence-corrected chi connectivity index (χ2v) is 5.67. The van der Waals surface area contributed by atoms with Crippen molar-refractivity contribution in [3.8, 4) is 12.3 Å². The van der Waals surface area contributed by atoms with Gasteiger partial charge in [0.05, 0.1) is 11.2 Å². The topological polar surface area (TPSA) is 46.9 Å². The van der Waals surface area contributed by atoms with Gasteiger partial charge in [-0.2, -0.15) is 5.10 Å². The minimum atomic E-state index is -0.295. The smallest absolute Gasteiger partial charge is 0.292 e. The predicted molar refractivity (Wildman–Crippen MR) is 74.9 cm³/mol. The molecule has 0 saturated heterocycles. The molecule has 5 heteroatoms. The van der Waals surface area contributed by atoms with Gasteiger partial charge in [0.25, 0.3) is 5.56 Å². The van der Waals surface area contributed by atoms with Crippen LogP contribution in [-0.4, -0.2) is 15.8 Å². The van der Waals surface area contributed by atoms with Crippen molar-refractivity contribution in [3.63, 3.8) is 0 Å². The lowest BCUT2D eigenvalue weighted by molar-refractivity contribution is 0.359. The van der Waals surface area contributed by atoms with Gasteiger partial charge in [-0.05, 0) is 12.3 Å². The molecule has 0 aromatic carbocycles. The fraction of sp³-hybridized carbons (Fsp3) is 0.538. The molecule has 0 saturated carbocycles. The average Bonchev–Trinajstić information content (AvgIpc) is 2.26. The summed E-state index contributed by atoms with van der Waals surface area (Å²) in [4.78, 5) is 12.1. The Kier molecular flexibility index (Phi) is 4.42. The van der Waals surface area contributed by atoms with E-state index in [1.807, 2.05) is 6.92 Å². The van der Waals surface area contributed by atoms with Crippen LogP contribution in [0.3, 0.4) is 0 Å². The number of nitrogens with one attached hydrogen (secondary N) is 1. The first kappa shape index (κ1) is 14.6. The molecule has 0 spiro atoms. The zero-order valence-electron chi connectivity index (χ0n) is 11.1. The van der Waals surface area contributed by atoms with Crippen LogP contribution in [0.25, 0.3) is 0 Å². The van der Waals surface area contributed by atoms with Crippen LogP contribution in [0, 0.1) is 17.8 Å². The van der Waals surface area contributed by atoms with Crippen LogP contribution in [0.1, 0.15) is 27.7 Å². The van der Waals surface area contributed by atoms with Gasteiger partial charge in [-0.25, -0.2) is 4.68 Å². The van der Waals surface area contributed by atoms with Crippen molar-refractivity contribution in [1.82, 2.24) is 9.78 Å². The maximum Gasteiger partial charge on any atom is 0.292 e. The monoisotopic (exact) mass is 267 g/mol. The number of halogens is 1. The van der Waals surface area contributed by atoms with Crippen molar-refractivity contribution < 1.29 is 0 Å². The van der Waals surface area contributed by atoms with Crippen molar-refractivity contribution in [1.29, 1.82) is 0 Å². The quantitative estimate of drug-likeness (QED) is 0.856. The fourth-order valence-corrected chi connectivity index (χ4v) is 1.41. The first-order chi connectivity index (χ1) is 8.27. The van der Waals surface area contributed by atoms with Crippen LogP contribution in [0.4, 0.5) is 5.69 Å². The van der Waals surface area contributed by atoms with E-state index < -0.39 is 0 Å². The summed E-state index contributed by atoms with van der Waals surface area (Å²) in [5, 5.41) is 7.34. The molecule has 0 amide bonds. The lowest BCUT2D eigenvalue weighted by Crippen LogP contribution is -2.35. The molecule has 0 fully saturated rings. The molecular weight excluding hydrogens is 250 g/mol. The molecule has 0 aliphatic rings. The Morgan fingerprint density at radius 1 is 1.61 bits per heavy atom. The Labute approximate surface area is 112 Å². The van der Waals surface area contributed by atoms with Gasteiger partial charge in [0.2, 0.25) is 0 Å². The molecule has 0 radical (unpaired) electrons. The Balaban J connectivity index is 3.13. The van der Waals surface area contributed by atoms with E-state index in [0.717, 1.165) is 0 Å². The number of rotatable bonds is 3. The molecule has 4 nitrogen and oxygen atoms in total. The molecule has 1 atom stereocenters. The molecule has 1 aromatic heterocycles. The maximum absolute atomic E-state index is 12.1. The Bertz CT molecular complexity index is 523. The van der Waals surface area contributed by atoms with Crippen LogP contribution < -0.4 is 10.9 Å². The van der Waals surface area contributed by atoms with Crippen molar-refractivity contribution in [2.75, 3.05) is 5.32 Å². The summed E-state index contributed by atoms with van der Waals surface area (Å²) >= 11 is 6.01. The fourth-order valence-electron chi connectivity index (χ4n) is 1.23. The molecular formula is C13H18ClN3O. The first-order valence-electron chi connectivity index (χ1n) is 5.73. The van der Waals surface area contributed by atoms with Gasteiger partial charge >= 0.3 is 0 Å². The van der Waals surface area contributed by atoms with Crippen molar-refractivity contribution in [2.24, 2.45) is 5.41 Å². The number of aromatic nitrogens is 2. The summed E-state index contributed by atoms with van der Waals surface area (Å²) in [6.07, 6.45) is 6.61. The van der Waals surface area contributed by atoms with E-state index in [4.69, 9.17) is 18.0 Å². The molecule has 1 N–H and O–H groups in total. The van der Waals surface area contributed by atoms with Crippen LogP contribution in [0.2, 0.25) is 5.02 Å². The Morgan fingerprint density at radius 2 is 2.22 bits per heavy atom. The van der Waals surface area contributed by atoms with Crippen LogP contribution in [0.15, 0.2) is 11.0 Å². The highest BCUT2D eigenvalue weighted by Crippen LogP contribution is 2.24. The molecule has 0 bridgehead atoms. The number of nitrogens with zero attached hydrogens (tertiary/aromatic N) is 2. The van der Waals surface area contributed by atoms with Gasteiger partial charge in [0, 0.05) is 6.04 Å². The lowest BCUT2D eigenvalue weighted by atomic mass is 9.88. The lowest BCUT2D eigenvalue weighted by Gasteiger charge is -2.29. The van der Waals surface area contributed by atoms with Crippen molar-refractivity contribution in [3.05, 3.63) is 21.6 Å². The Hall–Kier alpha value is -1.47. The minimum Gasteiger partial charge on any atom is -0.376 e. The zero-order valence-corrected chi connectivity index (χ0v) is 11.9. The summed E-state index contributed by atoms with van der Waals surface area (Å²) in [6.45, 7) is 8.38. The summed E-state index contributed by atoms with van der Waals surface area (Å²) in [6, 6.07) is 0.0874.